The highest BCUT2D eigenvalue weighted by molar-refractivity contribution is 5.68. The molecule has 0 bridgehead atoms. The van der Waals surface area contributed by atoms with Crippen LogP contribution in [0, 0.1) is 10.1 Å². The van der Waals surface area contributed by atoms with Gasteiger partial charge in [0, 0.05) is 18.3 Å². The van der Waals surface area contributed by atoms with Crippen LogP contribution >= 0.6 is 0 Å². The first-order chi connectivity index (χ1) is 9.84. The first-order valence-electron chi connectivity index (χ1n) is 6.42. The molecule has 0 radical (unpaired) electrons. The third-order valence-corrected chi connectivity index (χ3v) is 3.52. The van der Waals surface area contributed by atoms with Crippen LogP contribution in [-0.2, 0) is 11.0 Å². The minimum atomic E-state index is -4.81. The monoisotopic (exact) mass is 302 g/mol. The number of nitro groups is 1. The van der Waals surface area contributed by atoms with Gasteiger partial charge in [0.15, 0.2) is 0 Å². The predicted molar refractivity (Wildman–Crippen MR) is 69.1 cm³/mol. The summed E-state index contributed by atoms with van der Waals surface area (Å²) in [5, 5.41) is 10.7. The smallest absolute Gasteiger partial charge is 0.362 e. The largest absolute Gasteiger partial charge is 0.423 e. The standard InChI is InChI=1S/C13H13F3N2O3/c14-13(15,16)11-7-9(4-5-12(11)18(20)21)17-6-2-1-3-10(17)8-19/h4-5,7-8,10H,1-3,6H2. The van der Waals surface area contributed by atoms with E-state index in [1.807, 2.05) is 0 Å². The van der Waals surface area contributed by atoms with Crippen molar-refractivity contribution in [2.24, 2.45) is 0 Å². The van der Waals surface area contributed by atoms with Crippen LogP contribution in [0.15, 0.2) is 18.2 Å². The molecular formula is C13H13F3N2O3. The number of nitrogens with zero attached hydrogens (tertiary/aromatic N) is 2. The van der Waals surface area contributed by atoms with Crippen LogP contribution in [0.5, 0.6) is 0 Å². The molecule has 2 rings (SSSR count). The summed E-state index contributed by atoms with van der Waals surface area (Å²) >= 11 is 0. The topological polar surface area (TPSA) is 63.5 Å². The van der Waals surface area contributed by atoms with E-state index >= 15 is 0 Å². The second kappa shape index (κ2) is 5.71. The molecule has 0 aromatic heterocycles. The third kappa shape index (κ3) is 3.14. The van der Waals surface area contributed by atoms with E-state index in [0.717, 1.165) is 25.0 Å². The molecule has 0 amide bonds. The number of hydrogen-bond acceptors (Lipinski definition) is 4. The molecule has 1 saturated heterocycles. The van der Waals surface area contributed by atoms with Crippen LogP contribution in [0.1, 0.15) is 24.8 Å². The number of carbonyl (C=O) groups is 1. The van der Waals surface area contributed by atoms with Gasteiger partial charge in [0.05, 0.1) is 11.0 Å². The molecule has 1 heterocycles. The molecule has 0 saturated carbocycles. The van der Waals surface area contributed by atoms with Gasteiger partial charge in [-0.15, -0.1) is 0 Å². The van der Waals surface area contributed by atoms with Crippen molar-refractivity contribution in [1.82, 2.24) is 0 Å². The lowest BCUT2D eigenvalue weighted by Gasteiger charge is -2.34. The quantitative estimate of drug-likeness (QED) is 0.489. The van der Waals surface area contributed by atoms with E-state index in [0.29, 0.717) is 19.3 Å². The maximum absolute atomic E-state index is 12.9. The Balaban J connectivity index is 2.46. The number of nitro benzene ring substituents is 1. The van der Waals surface area contributed by atoms with Gasteiger partial charge in [0.1, 0.15) is 11.8 Å². The highest BCUT2D eigenvalue weighted by atomic mass is 19.4. The molecule has 1 atom stereocenters. The van der Waals surface area contributed by atoms with Crippen LogP contribution in [0.2, 0.25) is 0 Å². The molecule has 1 unspecified atom stereocenters. The van der Waals surface area contributed by atoms with Crippen molar-refractivity contribution >= 4 is 17.7 Å². The van der Waals surface area contributed by atoms with Crippen molar-refractivity contribution in [3.05, 3.63) is 33.9 Å². The highest BCUT2D eigenvalue weighted by Gasteiger charge is 2.39. The molecule has 0 spiro atoms. The van der Waals surface area contributed by atoms with E-state index in [4.69, 9.17) is 0 Å². The van der Waals surface area contributed by atoms with Gasteiger partial charge in [-0.1, -0.05) is 0 Å². The summed E-state index contributed by atoms with van der Waals surface area (Å²) in [5.74, 6) is 0. The lowest BCUT2D eigenvalue weighted by atomic mass is 10.0. The van der Waals surface area contributed by atoms with Crippen molar-refractivity contribution in [3.63, 3.8) is 0 Å². The van der Waals surface area contributed by atoms with Crippen molar-refractivity contribution in [2.75, 3.05) is 11.4 Å². The minimum absolute atomic E-state index is 0.185. The van der Waals surface area contributed by atoms with E-state index in [9.17, 15) is 28.1 Å². The van der Waals surface area contributed by atoms with E-state index in [2.05, 4.69) is 0 Å². The highest BCUT2D eigenvalue weighted by Crippen LogP contribution is 2.39. The van der Waals surface area contributed by atoms with Gasteiger partial charge in [-0.25, -0.2) is 0 Å². The van der Waals surface area contributed by atoms with Gasteiger partial charge in [-0.3, -0.25) is 10.1 Å². The summed E-state index contributed by atoms with van der Waals surface area (Å²) in [7, 11) is 0. The summed E-state index contributed by atoms with van der Waals surface area (Å²) in [6, 6.07) is 2.37. The molecule has 8 heteroatoms. The zero-order chi connectivity index (χ0) is 15.6. The van der Waals surface area contributed by atoms with Crippen LogP contribution in [-0.4, -0.2) is 23.8 Å². The Kier molecular flexibility index (Phi) is 4.15. The maximum atomic E-state index is 12.9. The van der Waals surface area contributed by atoms with Gasteiger partial charge in [0.2, 0.25) is 0 Å². The molecule has 0 aliphatic carbocycles. The SMILES string of the molecule is O=CC1CCCCN1c1ccc([N+](=O)[O-])c(C(F)(F)F)c1. The first kappa shape index (κ1) is 15.3. The van der Waals surface area contributed by atoms with Gasteiger partial charge in [-0.2, -0.15) is 13.2 Å². The van der Waals surface area contributed by atoms with Crippen molar-refractivity contribution in [3.8, 4) is 0 Å². The lowest BCUT2D eigenvalue weighted by Crippen LogP contribution is -2.40. The number of aldehydes is 1. The zero-order valence-electron chi connectivity index (χ0n) is 11.0. The maximum Gasteiger partial charge on any atom is 0.423 e. The molecule has 1 fully saturated rings. The Morgan fingerprint density at radius 1 is 1.33 bits per heavy atom. The number of hydrogen-bond donors (Lipinski definition) is 0. The Morgan fingerprint density at radius 2 is 2.05 bits per heavy atom. The fourth-order valence-electron chi connectivity index (χ4n) is 2.51. The van der Waals surface area contributed by atoms with Gasteiger partial charge in [-0.05, 0) is 31.4 Å². The van der Waals surface area contributed by atoms with Gasteiger partial charge < -0.3 is 9.69 Å². The molecular weight excluding hydrogens is 289 g/mol. The third-order valence-electron chi connectivity index (χ3n) is 3.52. The number of carbonyl (C=O) groups excluding carboxylic acids is 1. The van der Waals surface area contributed by atoms with Gasteiger partial charge >= 0.3 is 6.18 Å². The number of rotatable bonds is 3. The van der Waals surface area contributed by atoms with Crippen LogP contribution in [0.25, 0.3) is 0 Å². The lowest BCUT2D eigenvalue weighted by molar-refractivity contribution is -0.388. The number of benzene rings is 1. The fraction of sp³-hybridized carbons (Fsp3) is 0.462. The second-order valence-corrected chi connectivity index (χ2v) is 4.85. The predicted octanol–water partition coefficient (Wildman–Crippen LogP) is 3.17. The number of anilines is 1. The number of alkyl halides is 3. The van der Waals surface area contributed by atoms with Gasteiger partial charge in [0.25, 0.3) is 5.69 Å². The molecule has 114 valence electrons. The van der Waals surface area contributed by atoms with E-state index in [-0.39, 0.29) is 5.69 Å². The van der Waals surface area contributed by atoms with Crippen molar-refractivity contribution < 1.29 is 22.9 Å². The van der Waals surface area contributed by atoms with Crippen LogP contribution in [0.4, 0.5) is 24.5 Å². The summed E-state index contributed by atoms with van der Waals surface area (Å²) in [5.41, 5.74) is -2.09. The molecule has 1 aromatic carbocycles. The second-order valence-electron chi connectivity index (χ2n) is 4.85. The fourth-order valence-corrected chi connectivity index (χ4v) is 2.51. The molecule has 1 aliphatic rings. The number of piperidine rings is 1. The average molecular weight is 302 g/mol. The first-order valence-corrected chi connectivity index (χ1v) is 6.42. The summed E-state index contributed by atoms with van der Waals surface area (Å²) < 4.78 is 38.8. The van der Waals surface area contributed by atoms with E-state index in [1.165, 1.54) is 6.07 Å². The Morgan fingerprint density at radius 3 is 2.62 bits per heavy atom. The van der Waals surface area contributed by atoms with E-state index in [1.54, 1.807) is 4.90 Å². The summed E-state index contributed by atoms with van der Waals surface area (Å²) in [6.07, 6.45) is -1.94. The normalized spacial score (nSPS) is 19.4. The molecule has 1 aromatic rings. The zero-order valence-corrected chi connectivity index (χ0v) is 11.0. The van der Waals surface area contributed by atoms with Crippen LogP contribution in [0.3, 0.4) is 0 Å². The molecule has 5 nitrogen and oxygen atoms in total. The summed E-state index contributed by atoms with van der Waals surface area (Å²) in [4.78, 5) is 22.3. The summed E-state index contributed by atoms with van der Waals surface area (Å²) in [6.45, 7) is 0.457. The molecule has 0 N–H and O–H groups in total. The van der Waals surface area contributed by atoms with Crippen molar-refractivity contribution in [2.45, 2.75) is 31.5 Å². The number of halogens is 3. The molecule has 21 heavy (non-hydrogen) atoms. The average Bonchev–Trinajstić information content (AvgIpc) is 2.45. The Labute approximate surface area is 118 Å². The van der Waals surface area contributed by atoms with Crippen LogP contribution < -0.4 is 4.90 Å². The van der Waals surface area contributed by atoms with Crippen molar-refractivity contribution in [1.29, 1.82) is 0 Å². The Bertz CT molecular complexity index is 560. The Hall–Kier alpha value is -2.12. The molecule has 1 aliphatic heterocycles. The van der Waals surface area contributed by atoms with E-state index < -0.39 is 28.4 Å². The minimum Gasteiger partial charge on any atom is -0.362 e.